The monoisotopic (exact) mass is 307 g/mol. The minimum atomic E-state index is -0.218. The fraction of sp³-hybridized carbons (Fsp3) is 0.750. The van der Waals surface area contributed by atoms with Crippen LogP contribution in [-0.4, -0.2) is 45.9 Å². The number of hydrogen-bond acceptors (Lipinski definition) is 4. The molecule has 2 fully saturated rings. The van der Waals surface area contributed by atoms with E-state index in [1.165, 1.54) is 4.88 Å². The molecule has 1 atom stereocenters. The highest BCUT2D eigenvalue weighted by atomic mass is 32.1. The molecule has 1 aromatic heterocycles. The van der Waals surface area contributed by atoms with Crippen molar-refractivity contribution in [2.75, 3.05) is 19.6 Å². The van der Waals surface area contributed by atoms with E-state index in [1.54, 1.807) is 11.3 Å². The average Bonchev–Trinajstić information content (AvgIpc) is 3.05. The van der Waals surface area contributed by atoms with Gasteiger partial charge in [0.1, 0.15) is 5.54 Å². The number of piperidine rings is 1. The molecule has 2 aliphatic heterocycles. The fourth-order valence-electron chi connectivity index (χ4n) is 3.89. The van der Waals surface area contributed by atoms with E-state index >= 15 is 0 Å². The first-order chi connectivity index (χ1) is 10.2. The summed E-state index contributed by atoms with van der Waals surface area (Å²) < 4.78 is 0. The van der Waals surface area contributed by atoms with Crippen LogP contribution >= 0.6 is 11.3 Å². The normalized spacial score (nSPS) is 27.0. The van der Waals surface area contributed by atoms with Crippen molar-refractivity contribution in [1.82, 2.24) is 14.8 Å². The molecule has 0 radical (unpaired) electrons. The molecule has 4 nitrogen and oxygen atoms in total. The first kappa shape index (κ1) is 15.0. The van der Waals surface area contributed by atoms with Crippen molar-refractivity contribution >= 4 is 17.2 Å². The molecule has 116 valence electrons. The van der Waals surface area contributed by atoms with E-state index in [9.17, 15) is 4.79 Å². The molecular formula is C16H25N3OS. The third-order valence-electron chi connectivity index (χ3n) is 5.00. The molecular weight excluding hydrogens is 282 g/mol. The number of rotatable bonds is 4. The molecule has 21 heavy (non-hydrogen) atoms. The zero-order valence-electron chi connectivity index (χ0n) is 13.1. The van der Waals surface area contributed by atoms with Crippen LogP contribution < -0.4 is 0 Å². The Hall–Kier alpha value is -0.940. The van der Waals surface area contributed by atoms with Gasteiger partial charge in [-0.25, -0.2) is 4.98 Å². The number of carbonyl (C=O) groups excluding carboxylic acids is 1. The minimum absolute atomic E-state index is 0.218. The molecule has 0 saturated carbocycles. The summed E-state index contributed by atoms with van der Waals surface area (Å²) in [5, 5.41) is 0. The lowest BCUT2D eigenvalue weighted by Crippen LogP contribution is -2.59. The lowest BCUT2D eigenvalue weighted by Gasteiger charge is -2.44. The van der Waals surface area contributed by atoms with Crippen molar-refractivity contribution in [3.63, 3.8) is 0 Å². The van der Waals surface area contributed by atoms with Gasteiger partial charge in [-0.2, -0.15) is 0 Å². The largest absolute Gasteiger partial charge is 0.341 e. The maximum atomic E-state index is 13.0. The molecule has 2 saturated heterocycles. The van der Waals surface area contributed by atoms with Crippen LogP contribution in [0, 0.1) is 6.92 Å². The molecule has 1 amide bonds. The van der Waals surface area contributed by atoms with Gasteiger partial charge in [-0.05, 0) is 45.6 Å². The molecule has 3 rings (SSSR count). The minimum Gasteiger partial charge on any atom is -0.341 e. The molecule has 1 unspecified atom stereocenters. The number of thiazole rings is 1. The van der Waals surface area contributed by atoms with Crippen LogP contribution in [-0.2, 0) is 11.3 Å². The van der Waals surface area contributed by atoms with Crippen molar-refractivity contribution in [3.05, 3.63) is 16.1 Å². The number of hydrogen-bond donors (Lipinski definition) is 0. The molecule has 0 bridgehead atoms. The molecule has 0 N–H and O–H groups in total. The zero-order chi connectivity index (χ0) is 14.9. The first-order valence-corrected chi connectivity index (χ1v) is 8.99. The van der Waals surface area contributed by atoms with Crippen molar-refractivity contribution in [1.29, 1.82) is 0 Å². The van der Waals surface area contributed by atoms with E-state index in [2.05, 4.69) is 28.6 Å². The van der Waals surface area contributed by atoms with Gasteiger partial charge in [0.2, 0.25) is 5.91 Å². The quantitative estimate of drug-likeness (QED) is 0.858. The van der Waals surface area contributed by atoms with Crippen LogP contribution in [0.2, 0.25) is 0 Å². The van der Waals surface area contributed by atoms with Gasteiger partial charge in [-0.3, -0.25) is 9.69 Å². The highest BCUT2D eigenvalue weighted by molar-refractivity contribution is 7.09. The van der Waals surface area contributed by atoms with E-state index < -0.39 is 0 Å². The van der Waals surface area contributed by atoms with Gasteiger partial charge in [0.05, 0.1) is 11.2 Å². The Bertz CT molecular complexity index is 513. The van der Waals surface area contributed by atoms with E-state index in [0.29, 0.717) is 5.91 Å². The van der Waals surface area contributed by atoms with Crippen molar-refractivity contribution < 1.29 is 4.79 Å². The van der Waals surface area contributed by atoms with Gasteiger partial charge >= 0.3 is 0 Å². The lowest BCUT2D eigenvalue weighted by atomic mass is 9.85. The third-order valence-corrected chi connectivity index (χ3v) is 5.92. The Labute approximate surface area is 131 Å². The van der Waals surface area contributed by atoms with E-state index in [0.717, 1.165) is 64.0 Å². The van der Waals surface area contributed by atoms with E-state index in [4.69, 9.17) is 0 Å². The van der Waals surface area contributed by atoms with Crippen molar-refractivity contribution in [2.45, 2.75) is 58.0 Å². The summed E-state index contributed by atoms with van der Waals surface area (Å²) in [6, 6.07) is 0. The summed E-state index contributed by atoms with van der Waals surface area (Å²) in [6.45, 7) is 8.02. The second-order valence-electron chi connectivity index (χ2n) is 6.31. The summed E-state index contributed by atoms with van der Waals surface area (Å²) in [5.74, 6) is 0.385. The Morgan fingerprint density at radius 3 is 2.76 bits per heavy atom. The van der Waals surface area contributed by atoms with Crippen molar-refractivity contribution in [2.24, 2.45) is 0 Å². The summed E-state index contributed by atoms with van der Waals surface area (Å²) >= 11 is 1.72. The van der Waals surface area contributed by atoms with Crippen molar-refractivity contribution in [3.8, 4) is 0 Å². The number of amides is 1. The number of aryl methyl sites for hydroxylation is 1. The topological polar surface area (TPSA) is 36.4 Å². The molecule has 1 aromatic rings. The van der Waals surface area contributed by atoms with Crippen LogP contribution in [0.15, 0.2) is 5.51 Å². The van der Waals surface area contributed by atoms with Crippen LogP contribution in [0.5, 0.6) is 0 Å². The number of carbonyl (C=O) groups is 1. The summed E-state index contributed by atoms with van der Waals surface area (Å²) in [4.78, 5) is 23.2. The molecule has 5 heteroatoms. The first-order valence-electron chi connectivity index (χ1n) is 8.11. The Balaban J connectivity index is 1.81. The number of aromatic nitrogens is 1. The molecule has 0 aliphatic carbocycles. The van der Waals surface area contributed by atoms with Gasteiger partial charge < -0.3 is 4.90 Å². The second-order valence-corrected chi connectivity index (χ2v) is 7.25. The molecule has 3 heterocycles. The highest BCUT2D eigenvalue weighted by Gasteiger charge is 2.50. The maximum Gasteiger partial charge on any atom is 0.243 e. The smallest absolute Gasteiger partial charge is 0.243 e. The summed E-state index contributed by atoms with van der Waals surface area (Å²) in [6.07, 6.45) is 5.40. The van der Waals surface area contributed by atoms with E-state index in [-0.39, 0.29) is 5.54 Å². The lowest BCUT2D eigenvalue weighted by molar-refractivity contribution is -0.147. The molecule has 1 spiro atoms. The predicted molar refractivity (Wildman–Crippen MR) is 85.3 cm³/mol. The Morgan fingerprint density at radius 2 is 2.10 bits per heavy atom. The van der Waals surface area contributed by atoms with Crippen LogP contribution in [0.1, 0.15) is 49.6 Å². The highest BCUT2D eigenvalue weighted by Crippen LogP contribution is 2.39. The Morgan fingerprint density at radius 1 is 1.33 bits per heavy atom. The van der Waals surface area contributed by atoms with Crippen LogP contribution in [0.4, 0.5) is 0 Å². The van der Waals surface area contributed by atoms with E-state index in [1.807, 2.05) is 5.51 Å². The summed E-state index contributed by atoms with van der Waals surface area (Å²) in [5.41, 5.74) is 2.82. The predicted octanol–water partition coefficient (Wildman–Crippen LogP) is 2.82. The van der Waals surface area contributed by atoms with Gasteiger partial charge in [0, 0.05) is 24.5 Å². The molecule has 2 aliphatic rings. The van der Waals surface area contributed by atoms with Gasteiger partial charge in [-0.1, -0.05) is 6.92 Å². The number of likely N-dealkylation sites (tertiary alicyclic amines) is 2. The van der Waals surface area contributed by atoms with Gasteiger partial charge in [0.25, 0.3) is 0 Å². The standard InChI is InChI=1S/C16H25N3OS/c1-3-8-18-9-4-6-16(15(18)20)7-5-10-19(16)11-14-13(2)17-12-21-14/h12H,3-11H2,1-2H3. The van der Waals surface area contributed by atoms with Crippen LogP contribution in [0.3, 0.4) is 0 Å². The van der Waals surface area contributed by atoms with Gasteiger partial charge in [0.15, 0.2) is 0 Å². The maximum absolute atomic E-state index is 13.0. The summed E-state index contributed by atoms with van der Waals surface area (Å²) in [7, 11) is 0. The fourth-order valence-corrected chi connectivity index (χ4v) is 4.68. The second kappa shape index (κ2) is 6.05. The zero-order valence-corrected chi connectivity index (χ0v) is 13.9. The Kier molecular flexibility index (Phi) is 4.31. The third kappa shape index (κ3) is 2.61. The SMILES string of the molecule is CCCN1CCCC2(CCCN2Cc2scnc2C)C1=O. The van der Waals surface area contributed by atoms with Crippen LogP contribution in [0.25, 0.3) is 0 Å². The van der Waals surface area contributed by atoms with Gasteiger partial charge in [-0.15, -0.1) is 11.3 Å². The number of nitrogens with zero attached hydrogens (tertiary/aromatic N) is 3. The average molecular weight is 307 g/mol. The molecule has 0 aromatic carbocycles.